The Kier molecular flexibility index (Phi) is 7.62. The molecule has 1 N–H and O–H groups in total. The summed E-state index contributed by atoms with van der Waals surface area (Å²) in [5, 5.41) is 12.7. The highest BCUT2D eigenvalue weighted by Crippen LogP contribution is 2.43. The van der Waals surface area contributed by atoms with Crippen molar-refractivity contribution < 1.29 is 23.5 Å². The van der Waals surface area contributed by atoms with Crippen molar-refractivity contribution in [3.63, 3.8) is 0 Å². The molecule has 9 nitrogen and oxygen atoms in total. The lowest BCUT2D eigenvalue weighted by Crippen LogP contribution is -2.55. The number of hydrogen-bond acceptors (Lipinski definition) is 7. The van der Waals surface area contributed by atoms with Crippen molar-refractivity contribution >= 4 is 17.7 Å². The topological polar surface area (TPSA) is 98.1 Å². The molecular formula is C31H42FN5O4. The number of fused-ring (bicyclic) bond motifs is 3. The molecular weight excluding hydrogens is 525 g/mol. The van der Waals surface area contributed by atoms with Gasteiger partial charge < -0.3 is 19.7 Å². The summed E-state index contributed by atoms with van der Waals surface area (Å²) in [6.07, 6.45) is 4.22. The van der Waals surface area contributed by atoms with Gasteiger partial charge in [-0.3, -0.25) is 14.6 Å². The van der Waals surface area contributed by atoms with Gasteiger partial charge in [-0.25, -0.2) is 9.18 Å². The molecule has 222 valence electrons. The summed E-state index contributed by atoms with van der Waals surface area (Å²) in [7, 11) is 0. The molecule has 4 saturated heterocycles. The van der Waals surface area contributed by atoms with Crippen molar-refractivity contribution in [1.82, 2.24) is 15.1 Å². The Bertz CT molecular complexity index is 1210. The highest BCUT2D eigenvalue weighted by Gasteiger charge is 2.52. The molecule has 41 heavy (non-hydrogen) atoms. The van der Waals surface area contributed by atoms with E-state index in [0.29, 0.717) is 23.6 Å². The number of nitriles is 1. The largest absolute Gasteiger partial charge is 0.444 e. The highest BCUT2D eigenvalue weighted by atomic mass is 19.1. The van der Waals surface area contributed by atoms with Crippen LogP contribution in [0, 0.1) is 29.0 Å². The quantitative estimate of drug-likeness (QED) is 0.562. The van der Waals surface area contributed by atoms with Crippen LogP contribution < -0.4 is 10.2 Å². The van der Waals surface area contributed by atoms with Crippen LogP contribution in [0.3, 0.4) is 0 Å². The van der Waals surface area contributed by atoms with Gasteiger partial charge in [0.1, 0.15) is 23.5 Å². The predicted molar refractivity (Wildman–Crippen MR) is 151 cm³/mol. The summed E-state index contributed by atoms with van der Waals surface area (Å²) in [4.78, 5) is 32.8. The normalized spacial score (nSPS) is 31.8. The minimum Gasteiger partial charge on any atom is -0.444 e. The molecule has 4 aliphatic heterocycles. The second-order valence-corrected chi connectivity index (χ2v) is 13.5. The van der Waals surface area contributed by atoms with Gasteiger partial charge in [0, 0.05) is 56.5 Å². The number of carbonyl (C=O) groups is 2. The van der Waals surface area contributed by atoms with Crippen LogP contribution in [-0.4, -0.2) is 90.5 Å². The molecule has 0 spiro atoms. The number of likely N-dealkylation sites (tertiary alicyclic amines) is 2. The Labute approximate surface area is 241 Å². The summed E-state index contributed by atoms with van der Waals surface area (Å²) in [5.74, 6) is -0.106. The number of anilines is 1. The Morgan fingerprint density at radius 2 is 2.00 bits per heavy atom. The van der Waals surface area contributed by atoms with Gasteiger partial charge in [0.2, 0.25) is 5.91 Å². The third-order valence-corrected chi connectivity index (χ3v) is 9.72. The van der Waals surface area contributed by atoms with E-state index in [1.807, 2.05) is 6.07 Å². The van der Waals surface area contributed by atoms with E-state index in [4.69, 9.17) is 9.47 Å². The number of nitrogens with zero attached hydrogens (tertiary/aromatic N) is 4. The lowest BCUT2D eigenvalue weighted by atomic mass is 9.97. The van der Waals surface area contributed by atoms with Crippen LogP contribution in [0.2, 0.25) is 0 Å². The van der Waals surface area contributed by atoms with Crippen LogP contribution in [-0.2, 0) is 20.7 Å². The fourth-order valence-electron chi connectivity index (χ4n) is 7.81. The van der Waals surface area contributed by atoms with E-state index in [1.165, 1.54) is 0 Å². The molecule has 0 aromatic heterocycles. The summed E-state index contributed by atoms with van der Waals surface area (Å²) in [6.45, 7) is 10.0. The van der Waals surface area contributed by atoms with E-state index in [-0.39, 0.29) is 30.1 Å². The molecule has 2 amide bonds. The van der Waals surface area contributed by atoms with E-state index in [1.54, 1.807) is 37.8 Å². The molecule has 10 heteroatoms. The second-order valence-electron chi connectivity index (χ2n) is 13.5. The first-order valence-electron chi connectivity index (χ1n) is 15.2. The smallest absolute Gasteiger partial charge is 0.411 e. The first kappa shape index (κ1) is 28.2. The fourth-order valence-corrected chi connectivity index (χ4v) is 7.81. The van der Waals surface area contributed by atoms with Crippen molar-refractivity contribution in [3.05, 3.63) is 29.6 Å². The number of nitrogens with one attached hydrogen (secondary N) is 1. The summed E-state index contributed by atoms with van der Waals surface area (Å²) < 4.78 is 26.6. The van der Waals surface area contributed by atoms with Crippen molar-refractivity contribution in [1.29, 1.82) is 5.26 Å². The molecule has 2 bridgehead atoms. The number of rotatable bonds is 6. The van der Waals surface area contributed by atoms with E-state index in [0.717, 1.165) is 70.6 Å². The number of piperidine rings is 1. The Morgan fingerprint density at radius 3 is 2.71 bits per heavy atom. The monoisotopic (exact) mass is 567 g/mol. The minimum atomic E-state index is -0.907. The van der Waals surface area contributed by atoms with Crippen molar-refractivity contribution in [2.75, 3.05) is 37.7 Å². The summed E-state index contributed by atoms with van der Waals surface area (Å²) >= 11 is 0. The van der Waals surface area contributed by atoms with Gasteiger partial charge in [-0.2, -0.15) is 5.26 Å². The van der Waals surface area contributed by atoms with Gasteiger partial charge in [-0.1, -0.05) is 6.07 Å². The number of benzene rings is 1. The predicted octanol–water partition coefficient (Wildman–Crippen LogP) is 3.46. The van der Waals surface area contributed by atoms with E-state index >= 15 is 4.39 Å². The average Bonchev–Trinajstić information content (AvgIpc) is 3.73. The van der Waals surface area contributed by atoms with Crippen molar-refractivity contribution in [2.24, 2.45) is 11.8 Å². The molecule has 1 aromatic carbocycles. The molecule has 1 saturated carbocycles. The molecule has 7 atom stereocenters. The number of amides is 2. The van der Waals surface area contributed by atoms with Gasteiger partial charge >= 0.3 is 6.09 Å². The van der Waals surface area contributed by atoms with Gasteiger partial charge in [-0.15, -0.1) is 0 Å². The molecule has 4 heterocycles. The number of ether oxygens (including phenoxy) is 2. The molecule has 5 aliphatic rings. The fraction of sp³-hybridized carbons (Fsp3) is 0.710. The Balaban J connectivity index is 1.09. The SMILES string of the molecule is CC(C)(C)OC(=O)N1C2CCC(C2)C1C(=O)NC(C#N)Cc1ccc(N2CCC3CN(C4CCOC4)CC32)cc1F. The number of halogens is 1. The first-order chi connectivity index (χ1) is 19.6. The van der Waals surface area contributed by atoms with Gasteiger partial charge in [0.05, 0.1) is 12.7 Å². The maximum absolute atomic E-state index is 15.4. The minimum absolute atomic E-state index is 0.0280. The standard InChI is InChI=1S/C31H42FN5O4/c1-31(2,3)41-30(39)37-24-7-5-20(13-24)28(37)29(38)34-22(15-33)12-19-4-6-23(14-26(19)32)36-10-8-21-16-35(17-27(21)36)25-9-11-40-18-25/h4,6,14,20-22,24-25,27-28H,5,7-13,16-18H2,1-3H3,(H,34,38). The second kappa shape index (κ2) is 11.1. The van der Waals surface area contributed by atoms with Crippen LogP contribution in [0.4, 0.5) is 14.9 Å². The summed E-state index contributed by atoms with van der Waals surface area (Å²) in [6, 6.07) is 6.67. The molecule has 1 aliphatic carbocycles. The maximum atomic E-state index is 15.4. The van der Waals surface area contributed by atoms with Gasteiger partial charge in [0.15, 0.2) is 0 Å². The zero-order valence-corrected chi connectivity index (χ0v) is 24.4. The zero-order valence-electron chi connectivity index (χ0n) is 24.4. The molecule has 0 radical (unpaired) electrons. The number of hydrogen-bond donors (Lipinski definition) is 1. The van der Waals surface area contributed by atoms with Crippen molar-refractivity contribution in [2.45, 2.75) is 95.1 Å². The van der Waals surface area contributed by atoms with Crippen LogP contribution in [0.5, 0.6) is 0 Å². The Morgan fingerprint density at radius 1 is 1.17 bits per heavy atom. The first-order valence-corrected chi connectivity index (χ1v) is 15.2. The van der Waals surface area contributed by atoms with E-state index < -0.39 is 23.8 Å². The molecule has 1 aromatic rings. The zero-order chi connectivity index (χ0) is 28.9. The average molecular weight is 568 g/mol. The third-order valence-electron chi connectivity index (χ3n) is 9.72. The lowest BCUT2D eigenvalue weighted by molar-refractivity contribution is -0.128. The van der Waals surface area contributed by atoms with Crippen LogP contribution in [0.15, 0.2) is 18.2 Å². The highest BCUT2D eigenvalue weighted by molar-refractivity contribution is 5.87. The third kappa shape index (κ3) is 5.63. The van der Waals surface area contributed by atoms with E-state index in [9.17, 15) is 14.9 Å². The van der Waals surface area contributed by atoms with E-state index in [2.05, 4.69) is 21.2 Å². The number of carbonyl (C=O) groups excluding carboxylic acids is 2. The molecule has 5 fully saturated rings. The summed E-state index contributed by atoms with van der Waals surface area (Å²) in [5.41, 5.74) is 0.594. The van der Waals surface area contributed by atoms with Gasteiger partial charge in [0.25, 0.3) is 0 Å². The maximum Gasteiger partial charge on any atom is 0.411 e. The van der Waals surface area contributed by atoms with Crippen LogP contribution in [0.1, 0.15) is 58.4 Å². The van der Waals surface area contributed by atoms with Crippen LogP contribution in [0.25, 0.3) is 0 Å². The molecule has 6 rings (SSSR count). The Hall–Kier alpha value is -2.90. The van der Waals surface area contributed by atoms with Crippen LogP contribution >= 0.6 is 0 Å². The lowest BCUT2D eigenvalue weighted by Gasteiger charge is -2.35. The van der Waals surface area contributed by atoms with Gasteiger partial charge in [-0.05, 0) is 82.4 Å². The van der Waals surface area contributed by atoms with Crippen molar-refractivity contribution in [3.8, 4) is 6.07 Å². The molecule has 7 unspecified atom stereocenters.